The molecule has 0 fully saturated rings. The van der Waals surface area contributed by atoms with Gasteiger partial charge in [0, 0.05) is 43.2 Å². The zero-order valence-electron chi connectivity index (χ0n) is 17.1. The highest BCUT2D eigenvalue weighted by atomic mass is 127. The van der Waals surface area contributed by atoms with Crippen LogP contribution in [0.15, 0.2) is 52.2 Å². The molecule has 1 aromatic carbocycles. The zero-order valence-corrected chi connectivity index (χ0v) is 19.4. The van der Waals surface area contributed by atoms with Gasteiger partial charge in [-0.1, -0.05) is 0 Å². The maximum Gasteiger partial charge on any atom is 0.216 e. The van der Waals surface area contributed by atoms with Crippen LogP contribution in [0.25, 0.3) is 22.5 Å². The second-order valence-corrected chi connectivity index (χ2v) is 6.77. The Bertz CT molecular complexity index is 1120. The number of hydrogen-bond acceptors (Lipinski definition) is 4. The van der Waals surface area contributed by atoms with Crippen molar-refractivity contribution < 1.29 is 8.81 Å². The fourth-order valence-electron chi connectivity index (χ4n) is 3.22. The quantitative estimate of drug-likeness (QED) is 0.156. The molecule has 0 saturated carbocycles. The average Bonchev–Trinajstić information content (AvgIpc) is 3.49. The van der Waals surface area contributed by atoms with Crippen LogP contribution in [0.1, 0.15) is 18.3 Å². The summed E-state index contributed by atoms with van der Waals surface area (Å²) in [6.07, 6.45) is 4.96. The molecule has 4 aromatic rings. The predicted molar refractivity (Wildman–Crippen MR) is 129 cm³/mol. The highest BCUT2D eigenvalue weighted by molar-refractivity contribution is 14.0. The van der Waals surface area contributed by atoms with Gasteiger partial charge in [0.1, 0.15) is 11.6 Å². The number of H-pyrrole nitrogens is 2. The summed E-state index contributed by atoms with van der Waals surface area (Å²) in [6.45, 7) is 4.07. The lowest BCUT2D eigenvalue weighted by molar-refractivity contribution is 0.577. The molecule has 4 N–H and O–H groups in total. The van der Waals surface area contributed by atoms with Crippen molar-refractivity contribution in [3.8, 4) is 11.6 Å². The van der Waals surface area contributed by atoms with E-state index in [4.69, 9.17) is 4.42 Å². The molecule has 0 spiro atoms. The first-order chi connectivity index (χ1) is 14.7. The van der Waals surface area contributed by atoms with Crippen LogP contribution in [-0.4, -0.2) is 45.8 Å². The van der Waals surface area contributed by atoms with Crippen LogP contribution in [0.3, 0.4) is 0 Å². The van der Waals surface area contributed by atoms with Crippen molar-refractivity contribution >= 4 is 40.8 Å². The van der Waals surface area contributed by atoms with Crippen molar-refractivity contribution in [3.05, 3.63) is 60.0 Å². The van der Waals surface area contributed by atoms with Gasteiger partial charge in [-0.25, -0.2) is 9.37 Å². The summed E-state index contributed by atoms with van der Waals surface area (Å²) in [5.74, 6) is 2.44. The number of benzene rings is 1. The second-order valence-electron chi connectivity index (χ2n) is 6.77. The largest absolute Gasteiger partial charge is 0.461 e. The van der Waals surface area contributed by atoms with Crippen molar-refractivity contribution in [1.82, 2.24) is 30.8 Å². The van der Waals surface area contributed by atoms with Gasteiger partial charge in [-0.15, -0.1) is 24.0 Å². The lowest BCUT2D eigenvalue weighted by atomic mass is 10.1. The van der Waals surface area contributed by atoms with Gasteiger partial charge < -0.3 is 20.0 Å². The third kappa shape index (κ3) is 5.84. The van der Waals surface area contributed by atoms with Crippen LogP contribution in [0.2, 0.25) is 0 Å². The first kappa shape index (κ1) is 22.8. The molecule has 0 atom stereocenters. The van der Waals surface area contributed by atoms with Crippen molar-refractivity contribution in [1.29, 1.82) is 0 Å². The van der Waals surface area contributed by atoms with Gasteiger partial charge in [0.25, 0.3) is 0 Å². The van der Waals surface area contributed by atoms with Gasteiger partial charge in [0.15, 0.2) is 11.7 Å². The van der Waals surface area contributed by atoms with Gasteiger partial charge in [0.05, 0.1) is 6.26 Å². The SMILES string of the molecule is CCNC(=NCCc1nc(-c2ccco2)n[nH]1)NCCc1c[nH]c2cc(F)ccc12.I. The van der Waals surface area contributed by atoms with E-state index < -0.39 is 0 Å². The van der Waals surface area contributed by atoms with Gasteiger partial charge in [0.2, 0.25) is 5.82 Å². The van der Waals surface area contributed by atoms with Gasteiger partial charge >= 0.3 is 0 Å². The standard InChI is InChI=1S/C21H24FN7O.HI/c1-2-23-21(24-9-7-14-13-26-17-12-15(22)5-6-16(14)17)25-10-8-19-27-20(29-28-19)18-4-3-11-30-18;/h3-6,11-13,26H,2,7-10H2,1H3,(H2,23,24,25)(H,27,28,29);1H. The lowest BCUT2D eigenvalue weighted by Gasteiger charge is -2.10. The number of guanidine groups is 1. The first-order valence-electron chi connectivity index (χ1n) is 9.96. The van der Waals surface area contributed by atoms with Gasteiger partial charge in [-0.2, -0.15) is 5.10 Å². The molecule has 0 aliphatic carbocycles. The third-order valence-electron chi connectivity index (χ3n) is 4.65. The number of aliphatic imine (C=N–C) groups is 1. The molecule has 0 unspecified atom stereocenters. The lowest BCUT2D eigenvalue weighted by Crippen LogP contribution is -2.38. The molecule has 3 aromatic heterocycles. The van der Waals surface area contributed by atoms with E-state index in [-0.39, 0.29) is 29.8 Å². The van der Waals surface area contributed by atoms with E-state index in [1.54, 1.807) is 12.3 Å². The second kappa shape index (κ2) is 10.9. The number of fused-ring (bicyclic) bond motifs is 1. The molecular formula is C21H25FIN7O. The Morgan fingerprint density at radius 3 is 2.94 bits per heavy atom. The molecule has 0 amide bonds. The Kier molecular flexibility index (Phi) is 8.04. The molecule has 0 saturated heterocycles. The molecule has 4 rings (SSSR count). The van der Waals surface area contributed by atoms with Crippen LogP contribution in [0.5, 0.6) is 0 Å². The van der Waals surface area contributed by atoms with Crippen LogP contribution in [0.4, 0.5) is 4.39 Å². The Hall–Kier alpha value is -2.89. The molecule has 3 heterocycles. The van der Waals surface area contributed by atoms with Gasteiger partial charge in [-0.05, 0) is 49.2 Å². The smallest absolute Gasteiger partial charge is 0.216 e. The van der Waals surface area contributed by atoms with Crippen LogP contribution in [0, 0.1) is 5.82 Å². The Labute approximate surface area is 196 Å². The minimum atomic E-state index is -0.237. The molecule has 31 heavy (non-hydrogen) atoms. The molecular weight excluding hydrogens is 512 g/mol. The third-order valence-corrected chi connectivity index (χ3v) is 4.65. The van der Waals surface area contributed by atoms with E-state index in [0.29, 0.717) is 31.1 Å². The summed E-state index contributed by atoms with van der Waals surface area (Å²) in [5, 5.41) is 14.7. The summed E-state index contributed by atoms with van der Waals surface area (Å²) >= 11 is 0. The fourth-order valence-corrected chi connectivity index (χ4v) is 3.22. The number of furan rings is 1. The molecule has 8 nitrogen and oxygen atoms in total. The van der Waals surface area contributed by atoms with E-state index in [1.165, 1.54) is 12.1 Å². The number of nitrogens with one attached hydrogen (secondary N) is 4. The topological polar surface area (TPSA) is 107 Å². The Morgan fingerprint density at radius 2 is 2.13 bits per heavy atom. The van der Waals surface area contributed by atoms with E-state index in [2.05, 4.69) is 35.8 Å². The summed E-state index contributed by atoms with van der Waals surface area (Å²) in [5.41, 5.74) is 1.95. The maximum absolute atomic E-state index is 13.3. The van der Waals surface area contributed by atoms with Crippen molar-refractivity contribution in [2.45, 2.75) is 19.8 Å². The molecule has 10 heteroatoms. The minimum absolute atomic E-state index is 0. The van der Waals surface area contributed by atoms with Crippen LogP contribution >= 0.6 is 24.0 Å². The van der Waals surface area contributed by atoms with Crippen molar-refractivity contribution in [2.24, 2.45) is 4.99 Å². The van der Waals surface area contributed by atoms with E-state index in [9.17, 15) is 4.39 Å². The summed E-state index contributed by atoms with van der Waals surface area (Å²) in [6, 6.07) is 8.43. The van der Waals surface area contributed by atoms with E-state index in [1.807, 2.05) is 25.3 Å². The molecule has 0 aliphatic rings. The summed E-state index contributed by atoms with van der Waals surface area (Å²) in [7, 11) is 0. The molecule has 164 valence electrons. The average molecular weight is 537 g/mol. The van der Waals surface area contributed by atoms with Crippen LogP contribution in [-0.2, 0) is 12.8 Å². The predicted octanol–water partition coefficient (Wildman–Crippen LogP) is 3.64. The summed E-state index contributed by atoms with van der Waals surface area (Å²) < 4.78 is 18.6. The number of nitrogens with zero attached hydrogens (tertiary/aromatic N) is 3. The number of rotatable bonds is 8. The minimum Gasteiger partial charge on any atom is -0.461 e. The van der Waals surface area contributed by atoms with Crippen LogP contribution < -0.4 is 10.6 Å². The number of halogens is 2. The molecule has 0 aliphatic heterocycles. The summed E-state index contributed by atoms with van der Waals surface area (Å²) in [4.78, 5) is 12.1. The maximum atomic E-state index is 13.3. The first-order valence-corrected chi connectivity index (χ1v) is 9.96. The number of hydrogen-bond donors (Lipinski definition) is 4. The highest BCUT2D eigenvalue weighted by Gasteiger charge is 2.08. The number of aromatic nitrogens is 4. The van der Waals surface area contributed by atoms with Crippen molar-refractivity contribution in [2.75, 3.05) is 19.6 Å². The van der Waals surface area contributed by atoms with E-state index in [0.717, 1.165) is 41.2 Å². The van der Waals surface area contributed by atoms with E-state index >= 15 is 0 Å². The van der Waals surface area contributed by atoms with Gasteiger partial charge in [-0.3, -0.25) is 10.1 Å². The Balaban J connectivity index is 0.00000272. The van der Waals surface area contributed by atoms with Crippen molar-refractivity contribution in [3.63, 3.8) is 0 Å². The normalized spacial score (nSPS) is 11.5. The monoisotopic (exact) mass is 537 g/mol. The molecule has 0 bridgehead atoms. The Morgan fingerprint density at radius 1 is 1.23 bits per heavy atom. The molecule has 0 radical (unpaired) electrons. The number of aromatic amines is 2. The zero-order chi connectivity index (χ0) is 20.8. The highest BCUT2D eigenvalue weighted by Crippen LogP contribution is 2.19. The fraction of sp³-hybridized carbons (Fsp3) is 0.286.